The number of hydrogen-bond donors (Lipinski definition) is 3. The Hall–Kier alpha value is -1.10. The number of nitrogens with one attached hydrogen (secondary N) is 1. The third-order valence-corrected chi connectivity index (χ3v) is 2.77. The molecule has 0 fully saturated rings. The topological polar surface area (TPSA) is 92.4 Å². The largest absolute Gasteiger partial charge is 0.480 e. The predicted octanol–water partition coefficient (Wildman–Crippen LogP) is 0.729. The van der Waals surface area contributed by atoms with Gasteiger partial charge in [-0.1, -0.05) is 27.2 Å². The van der Waals surface area contributed by atoms with E-state index in [0.717, 1.165) is 0 Å². The lowest BCUT2D eigenvalue weighted by Crippen LogP contribution is -2.46. The molecule has 3 unspecified atom stereocenters. The molecule has 94 valence electrons. The number of nitrogens with two attached hydrogens (primary N) is 1. The van der Waals surface area contributed by atoms with E-state index in [0.29, 0.717) is 12.8 Å². The van der Waals surface area contributed by atoms with E-state index in [9.17, 15) is 9.59 Å². The first-order chi connectivity index (χ1) is 7.42. The van der Waals surface area contributed by atoms with Gasteiger partial charge in [-0.25, -0.2) is 4.79 Å². The molecule has 0 spiro atoms. The van der Waals surface area contributed by atoms with Gasteiger partial charge < -0.3 is 16.2 Å². The number of carbonyl (C=O) groups is 2. The minimum Gasteiger partial charge on any atom is -0.480 e. The fourth-order valence-electron chi connectivity index (χ4n) is 1.30. The van der Waals surface area contributed by atoms with E-state index in [4.69, 9.17) is 10.8 Å². The Balaban J connectivity index is 4.30. The number of aliphatic carboxylic acids is 1. The summed E-state index contributed by atoms with van der Waals surface area (Å²) in [5, 5.41) is 11.5. The average molecular weight is 230 g/mol. The fourth-order valence-corrected chi connectivity index (χ4v) is 1.30. The summed E-state index contributed by atoms with van der Waals surface area (Å²) < 4.78 is 0. The van der Waals surface area contributed by atoms with Crippen LogP contribution < -0.4 is 11.1 Å². The lowest BCUT2D eigenvalue weighted by Gasteiger charge is -2.20. The second-order valence-corrected chi connectivity index (χ2v) is 4.14. The molecule has 16 heavy (non-hydrogen) atoms. The SMILES string of the molecule is CCC(N)CC(=O)NC(C(=O)O)C(C)CC. The lowest BCUT2D eigenvalue weighted by molar-refractivity contribution is -0.143. The van der Waals surface area contributed by atoms with Crippen LogP contribution in [-0.4, -0.2) is 29.1 Å². The Bertz CT molecular complexity index is 243. The molecule has 5 nitrogen and oxygen atoms in total. The summed E-state index contributed by atoms with van der Waals surface area (Å²) in [5.41, 5.74) is 5.63. The lowest BCUT2D eigenvalue weighted by atomic mass is 9.99. The molecule has 1 amide bonds. The van der Waals surface area contributed by atoms with Crippen LogP contribution in [0.4, 0.5) is 0 Å². The van der Waals surface area contributed by atoms with E-state index in [2.05, 4.69) is 5.32 Å². The molecule has 0 saturated heterocycles. The molecule has 4 N–H and O–H groups in total. The maximum absolute atomic E-state index is 11.5. The summed E-state index contributed by atoms with van der Waals surface area (Å²) in [6.07, 6.45) is 1.59. The second kappa shape index (κ2) is 7.22. The van der Waals surface area contributed by atoms with E-state index in [1.165, 1.54) is 0 Å². The number of carboxylic acids is 1. The van der Waals surface area contributed by atoms with Crippen LogP contribution >= 0.6 is 0 Å². The molecule has 0 aliphatic rings. The smallest absolute Gasteiger partial charge is 0.326 e. The van der Waals surface area contributed by atoms with Gasteiger partial charge in [0.25, 0.3) is 0 Å². The van der Waals surface area contributed by atoms with Gasteiger partial charge in [0.1, 0.15) is 6.04 Å². The van der Waals surface area contributed by atoms with Crippen molar-refractivity contribution >= 4 is 11.9 Å². The summed E-state index contributed by atoms with van der Waals surface area (Å²) in [4.78, 5) is 22.4. The second-order valence-electron chi connectivity index (χ2n) is 4.14. The van der Waals surface area contributed by atoms with Crippen LogP contribution in [0.5, 0.6) is 0 Å². The molecule has 0 aromatic heterocycles. The number of carbonyl (C=O) groups excluding carboxylic acids is 1. The third-order valence-electron chi connectivity index (χ3n) is 2.77. The first-order valence-electron chi connectivity index (χ1n) is 5.70. The normalized spacial score (nSPS) is 16.2. The van der Waals surface area contributed by atoms with Crippen LogP contribution in [0.2, 0.25) is 0 Å². The van der Waals surface area contributed by atoms with Gasteiger partial charge in [0, 0.05) is 12.5 Å². The molecule has 0 radical (unpaired) electrons. The van der Waals surface area contributed by atoms with Crippen molar-refractivity contribution in [1.29, 1.82) is 0 Å². The van der Waals surface area contributed by atoms with E-state index < -0.39 is 12.0 Å². The van der Waals surface area contributed by atoms with Crippen molar-refractivity contribution in [3.8, 4) is 0 Å². The van der Waals surface area contributed by atoms with Crippen molar-refractivity contribution < 1.29 is 14.7 Å². The molecule has 0 aliphatic carbocycles. The van der Waals surface area contributed by atoms with Crippen molar-refractivity contribution in [3.05, 3.63) is 0 Å². The highest BCUT2D eigenvalue weighted by molar-refractivity contribution is 5.84. The summed E-state index contributed by atoms with van der Waals surface area (Å²) in [5.74, 6) is -1.37. The van der Waals surface area contributed by atoms with Crippen molar-refractivity contribution in [3.63, 3.8) is 0 Å². The summed E-state index contributed by atoms with van der Waals surface area (Å²) in [6.45, 7) is 5.59. The summed E-state index contributed by atoms with van der Waals surface area (Å²) in [7, 11) is 0. The molecule has 5 heteroatoms. The van der Waals surface area contributed by atoms with Crippen molar-refractivity contribution in [1.82, 2.24) is 5.32 Å². The number of rotatable bonds is 7. The van der Waals surface area contributed by atoms with Gasteiger partial charge >= 0.3 is 5.97 Å². The van der Waals surface area contributed by atoms with E-state index in [1.54, 1.807) is 6.92 Å². The van der Waals surface area contributed by atoms with Crippen molar-refractivity contribution in [2.24, 2.45) is 11.7 Å². The fraction of sp³-hybridized carbons (Fsp3) is 0.818. The predicted molar refractivity (Wildman–Crippen MR) is 61.9 cm³/mol. The van der Waals surface area contributed by atoms with Gasteiger partial charge in [0.05, 0.1) is 0 Å². The zero-order valence-corrected chi connectivity index (χ0v) is 10.2. The quantitative estimate of drug-likeness (QED) is 0.601. The van der Waals surface area contributed by atoms with Crippen molar-refractivity contribution in [2.75, 3.05) is 0 Å². The molecular weight excluding hydrogens is 208 g/mol. The number of carboxylic acid groups (broad SMARTS) is 1. The van der Waals surface area contributed by atoms with Crippen LogP contribution in [0.25, 0.3) is 0 Å². The maximum Gasteiger partial charge on any atom is 0.326 e. The van der Waals surface area contributed by atoms with E-state index >= 15 is 0 Å². The average Bonchev–Trinajstić information content (AvgIpc) is 2.24. The Morgan fingerprint density at radius 3 is 2.25 bits per heavy atom. The zero-order valence-electron chi connectivity index (χ0n) is 10.2. The first kappa shape index (κ1) is 14.9. The van der Waals surface area contributed by atoms with Gasteiger partial charge in [-0.2, -0.15) is 0 Å². The van der Waals surface area contributed by atoms with Gasteiger partial charge in [-0.05, 0) is 12.3 Å². The minimum atomic E-state index is -0.993. The highest BCUT2D eigenvalue weighted by atomic mass is 16.4. The van der Waals surface area contributed by atoms with Crippen LogP contribution in [0.3, 0.4) is 0 Å². The molecule has 0 bridgehead atoms. The van der Waals surface area contributed by atoms with Crippen LogP contribution in [0, 0.1) is 5.92 Å². The van der Waals surface area contributed by atoms with Gasteiger partial charge in [-0.3, -0.25) is 4.79 Å². The first-order valence-corrected chi connectivity index (χ1v) is 5.70. The molecule has 0 aromatic carbocycles. The maximum atomic E-state index is 11.5. The third kappa shape index (κ3) is 5.11. The Morgan fingerprint density at radius 1 is 1.31 bits per heavy atom. The molecule has 0 heterocycles. The monoisotopic (exact) mass is 230 g/mol. The highest BCUT2D eigenvalue weighted by Crippen LogP contribution is 2.08. The van der Waals surface area contributed by atoms with Gasteiger partial charge in [-0.15, -0.1) is 0 Å². The van der Waals surface area contributed by atoms with Crippen molar-refractivity contribution in [2.45, 2.75) is 52.1 Å². The Kier molecular flexibility index (Phi) is 6.72. The molecular formula is C11H22N2O3. The summed E-state index contributed by atoms with van der Waals surface area (Å²) >= 11 is 0. The van der Waals surface area contributed by atoms with E-state index in [-0.39, 0.29) is 24.3 Å². The number of hydrogen-bond acceptors (Lipinski definition) is 3. The van der Waals surface area contributed by atoms with E-state index in [1.807, 2.05) is 13.8 Å². The highest BCUT2D eigenvalue weighted by Gasteiger charge is 2.25. The molecule has 3 atom stereocenters. The zero-order chi connectivity index (χ0) is 12.7. The Morgan fingerprint density at radius 2 is 1.88 bits per heavy atom. The number of amides is 1. The van der Waals surface area contributed by atoms with Crippen LogP contribution in [0.1, 0.15) is 40.0 Å². The minimum absolute atomic E-state index is 0.0840. The molecule has 0 rings (SSSR count). The molecule has 0 aromatic rings. The Labute approximate surface area is 96.4 Å². The molecule has 0 saturated carbocycles. The molecule has 0 aliphatic heterocycles. The summed E-state index contributed by atoms with van der Waals surface area (Å²) in [6, 6.07) is -1.02. The standard InChI is InChI=1S/C11H22N2O3/c1-4-7(3)10(11(15)16)13-9(14)6-8(12)5-2/h7-8,10H,4-6,12H2,1-3H3,(H,13,14)(H,15,16). The van der Waals surface area contributed by atoms with Gasteiger partial charge in [0.15, 0.2) is 0 Å². The van der Waals surface area contributed by atoms with Gasteiger partial charge in [0.2, 0.25) is 5.91 Å². The van der Waals surface area contributed by atoms with Crippen LogP contribution in [0.15, 0.2) is 0 Å². The van der Waals surface area contributed by atoms with Crippen LogP contribution in [-0.2, 0) is 9.59 Å².